The first-order valence-corrected chi connectivity index (χ1v) is 11.0. The Morgan fingerprint density at radius 2 is 2.16 bits per heavy atom. The number of rotatable bonds is 6. The number of carbonyl (C=O) groups excluding carboxylic acids is 2. The molecular weight excluding hydrogens is 426 g/mol. The van der Waals surface area contributed by atoms with E-state index < -0.39 is 19.1 Å². The fourth-order valence-corrected chi connectivity index (χ4v) is 4.41. The van der Waals surface area contributed by atoms with E-state index in [9.17, 15) is 9.59 Å². The van der Waals surface area contributed by atoms with E-state index in [4.69, 9.17) is 4.11 Å². The van der Waals surface area contributed by atoms with Gasteiger partial charge in [0, 0.05) is 47.5 Å². The first-order chi connectivity index (χ1) is 16.6. The van der Waals surface area contributed by atoms with Crippen LogP contribution in [0.5, 0.6) is 0 Å². The van der Waals surface area contributed by atoms with Crippen LogP contribution in [0.3, 0.4) is 0 Å². The van der Waals surface area contributed by atoms with Crippen molar-refractivity contribution in [2.24, 2.45) is 5.92 Å². The van der Waals surface area contributed by atoms with Gasteiger partial charge in [-0.25, -0.2) is 9.97 Å². The van der Waals surface area contributed by atoms with Crippen molar-refractivity contribution in [1.82, 2.24) is 18.7 Å². The van der Waals surface area contributed by atoms with Crippen LogP contribution in [0.4, 0.5) is 23.0 Å². The summed E-state index contributed by atoms with van der Waals surface area (Å²) in [6, 6.07) is 3.34. The van der Waals surface area contributed by atoms with Crippen LogP contribution >= 0.6 is 11.7 Å². The van der Waals surface area contributed by atoms with Gasteiger partial charge in [0.15, 0.2) is 11.6 Å². The van der Waals surface area contributed by atoms with Crippen LogP contribution in [0.1, 0.15) is 59.2 Å². The number of ketones is 1. The standard InChI is InChI=1S/C22H23N7O2S/c1-4-16(30)14-10-24-17(26-22(31)12-5-6-12)9-15(14)25-21-20-13(7-8-23-21)19-18(27-32-28-19)11(2)29(20)3/h7-12H,4-6H2,1-3H3,(H2,23,24,25,26,31)/t11-/m1/s1/i1D3. The quantitative estimate of drug-likeness (QED) is 0.535. The summed E-state index contributed by atoms with van der Waals surface area (Å²) in [5, 5.41) is 5.98. The highest BCUT2D eigenvalue weighted by molar-refractivity contribution is 6.99. The van der Waals surface area contributed by atoms with Gasteiger partial charge in [-0.3, -0.25) is 9.59 Å². The summed E-state index contributed by atoms with van der Waals surface area (Å²) in [5.41, 5.74) is 3.70. The maximum atomic E-state index is 12.9. The zero-order valence-corrected chi connectivity index (χ0v) is 18.4. The van der Waals surface area contributed by atoms with Crippen molar-refractivity contribution in [3.63, 3.8) is 0 Å². The molecule has 2 aliphatic rings. The van der Waals surface area contributed by atoms with Gasteiger partial charge >= 0.3 is 0 Å². The number of hydrogen-bond acceptors (Lipinski definition) is 9. The molecule has 1 atom stereocenters. The third kappa shape index (κ3) is 3.50. The number of fused-ring (bicyclic) bond motifs is 3. The minimum Gasteiger partial charge on any atom is -0.363 e. The highest BCUT2D eigenvalue weighted by Crippen LogP contribution is 2.46. The molecule has 1 fully saturated rings. The molecule has 164 valence electrons. The van der Waals surface area contributed by atoms with Gasteiger partial charge in [0.2, 0.25) is 5.91 Å². The highest BCUT2D eigenvalue weighted by atomic mass is 32.1. The van der Waals surface area contributed by atoms with Gasteiger partial charge in [0.1, 0.15) is 17.2 Å². The molecule has 9 nitrogen and oxygen atoms in total. The smallest absolute Gasteiger partial charge is 0.228 e. The number of pyridine rings is 2. The molecule has 3 aromatic heterocycles. The number of Topliss-reactive ketones (excluding diaryl/α,β-unsaturated/α-hetero) is 1. The second kappa shape index (κ2) is 7.94. The molecule has 0 bridgehead atoms. The molecule has 0 spiro atoms. The number of carbonyl (C=O) groups is 2. The summed E-state index contributed by atoms with van der Waals surface area (Å²) in [6.07, 6.45) is 3.97. The van der Waals surface area contributed by atoms with E-state index in [0.29, 0.717) is 11.5 Å². The minimum absolute atomic E-state index is 0.0241. The number of anilines is 4. The average molecular weight is 453 g/mol. The van der Waals surface area contributed by atoms with E-state index in [-0.39, 0.29) is 29.2 Å². The summed E-state index contributed by atoms with van der Waals surface area (Å²) in [7, 11) is 1.92. The van der Waals surface area contributed by atoms with Crippen molar-refractivity contribution in [1.29, 1.82) is 0 Å². The Kier molecular flexibility index (Phi) is 4.26. The Hall–Kier alpha value is -3.40. The average Bonchev–Trinajstić information content (AvgIpc) is 3.53. The van der Waals surface area contributed by atoms with Gasteiger partial charge in [-0.05, 0) is 25.8 Å². The van der Waals surface area contributed by atoms with E-state index in [1.807, 2.05) is 24.9 Å². The number of hydrogen-bond donors (Lipinski definition) is 2. The second-order valence-electron chi connectivity index (χ2n) is 7.94. The van der Waals surface area contributed by atoms with Crippen LogP contribution in [-0.4, -0.2) is 37.5 Å². The lowest BCUT2D eigenvalue weighted by atomic mass is 9.98. The third-order valence-corrected chi connectivity index (χ3v) is 6.38. The lowest BCUT2D eigenvalue weighted by Gasteiger charge is -2.33. The van der Waals surface area contributed by atoms with Gasteiger partial charge in [-0.1, -0.05) is 6.85 Å². The van der Waals surface area contributed by atoms with Crippen LogP contribution in [-0.2, 0) is 4.79 Å². The molecule has 1 aliphatic carbocycles. The Morgan fingerprint density at radius 1 is 1.31 bits per heavy atom. The number of aromatic nitrogens is 4. The molecule has 4 heterocycles. The van der Waals surface area contributed by atoms with E-state index in [1.54, 1.807) is 6.20 Å². The fourth-order valence-electron chi connectivity index (χ4n) is 3.77. The van der Waals surface area contributed by atoms with Crippen molar-refractivity contribution in [2.45, 2.75) is 39.1 Å². The molecule has 5 rings (SSSR count). The Morgan fingerprint density at radius 3 is 2.94 bits per heavy atom. The molecule has 2 N–H and O–H groups in total. The molecule has 3 aromatic rings. The largest absolute Gasteiger partial charge is 0.363 e. The summed E-state index contributed by atoms with van der Waals surface area (Å²) >= 11 is 1.15. The number of amides is 1. The van der Waals surface area contributed by atoms with Crippen LogP contribution in [0, 0.1) is 5.92 Å². The van der Waals surface area contributed by atoms with E-state index in [2.05, 4.69) is 29.3 Å². The Bertz CT molecular complexity index is 1320. The van der Waals surface area contributed by atoms with Crippen LogP contribution in [0.2, 0.25) is 0 Å². The molecule has 32 heavy (non-hydrogen) atoms. The third-order valence-electron chi connectivity index (χ3n) is 5.84. The van der Waals surface area contributed by atoms with Gasteiger partial charge in [-0.2, -0.15) is 8.75 Å². The molecule has 1 saturated carbocycles. The van der Waals surface area contributed by atoms with E-state index >= 15 is 0 Å². The number of nitrogens with one attached hydrogen (secondary N) is 2. The van der Waals surface area contributed by atoms with Gasteiger partial charge < -0.3 is 15.5 Å². The van der Waals surface area contributed by atoms with Crippen LogP contribution < -0.4 is 15.5 Å². The van der Waals surface area contributed by atoms with Crippen molar-refractivity contribution in [3.8, 4) is 11.3 Å². The fraction of sp³-hybridized carbons (Fsp3) is 0.364. The molecule has 0 saturated heterocycles. The molecule has 10 heteroatoms. The van der Waals surface area contributed by atoms with E-state index in [0.717, 1.165) is 47.2 Å². The van der Waals surface area contributed by atoms with Crippen LogP contribution in [0.15, 0.2) is 24.5 Å². The lowest BCUT2D eigenvalue weighted by Crippen LogP contribution is -2.27. The number of nitrogens with zero attached hydrogens (tertiary/aromatic N) is 5. The summed E-state index contributed by atoms with van der Waals surface area (Å²) in [6.45, 7) is -0.412. The zero-order valence-electron chi connectivity index (χ0n) is 20.5. The van der Waals surface area contributed by atoms with Crippen molar-refractivity contribution >= 4 is 46.4 Å². The Balaban J connectivity index is 1.55. The van der Waals surface area contributed by atoms with Crippen LogP contribution in [0.25, 0.3) is 11.3 Å². The molecule has 0 unspecified atom stereocenters. The molecule has 1 amide bonds. The SMILES string of the molecule is [2H]C([2H])([2H])CC(=O)c1cnc(NC(=O)C2CC2)cc1Nc1nccc2c1N(C)[C@H](C)c1nsnc1-2. The first kappa shape index (κ1) is 17.2. The van der Waals surface area contributed by atoms with Gasteiger partial charge in [0.05, 0.1) is 34.7 Å². The predicted octanol–water partition coefficient (Wildman–Crippen LogP) is 4.19. The first-order valence-electron chi connectivity index (χ1n) is 11.8. The molecule has 0 aromatic carbocycles. The van der Waals surface area contributed by atoms with Crippen molar-refractivity contribution in [2.75, 3.05) is 22.6 Å². The van der Waals surface area contributed by atoms with Crippen molar-refractivity contribution in [3.05, 3.63) is 35.8 Å². The van der Waals surface area contributed by atoms with Gasteiger partial charge in [-0.15, -0.1) is 0 Å². The van der Waals surface area contributed by atoms with Gasteiger partial charge in [0.25, 0.3) is 0 Å². The van der Waals surface area contributed by atoms with E-state index in [1.165, 1.54) is 12.3 Å². The maximum Gasteiger partial charge on any atom is 0.228 e. The molecule has 1 aliphatic heterocycles. The lowest BCUT2D eigenvalue weighted by molar-refractivity contribution is -0.117. The second-order valence-corrected chi connectivity index (χ2v) is 8.47. The normalized spacial score (nSPS) is 18.6. The monoisotopic (exact) mass is 452 g/mol. The highest BCUT2D eigenvalue weighted by Gasteiger charge is 2.32. The minimum atomic E-state index is -2.43. The topological polar surface area (TPSA) is 113 Å². The summed E-state index contributed by atoms with van der Waals surface area (Å²) in [5.74, 6) is -0.00434. The Labute approximate surface area is 193 Å². The van der Waals surface area contributed by atoms with Crippen molar-refractivity contribution < 1.29 is 13.7 Å². The predicted molar refractivity (Wildman–Crippen MR) is 123 cm³/mol. The summed E-state index contributed by atoms with van der Waals surface area (Å²) in [4.78, 5) is 35.9. The molecule has 0 radical (unpaired) electrons. The molecular formula is C22H23N7O2S. The zero-order chi connectivity index (χ0) is 24.9. The maximum absolute atomic E-state index is 12.9. The summed E-state index contributed by atoms with van der Waals surface area (Å²) < 4.78 is 31.4.